The molecule has 30 heavy (non-hydrogen) atoms. The SMILES string of the molecule is CCCCC(CC)Cc1ccc(C2=C3C(=O)NC(c4ccccc4)=C3C(=O)N2)cc1. The molecule has 2 aliphatic heterocycles. The average molecular weight is 401 g/mol. The van der Waals surface area contributed by atoms with Crippen molar-refractivity contribution in [2.75, 3.05) is 0 Å². The third-order valence-electron chi connectivity index (χ3n) is 6.05. The summed E-state index contributed by atoms with van der Waals surface area (Å²) < 4.78 is 0. The van der Waals surface area contributed by atoms with E-state index in [1.165, 1.54) is 31.2 Å². The molecule has 2 aromatic rings. The van der Waals surface area contributed by atoms with Crippen LogP contribution in [0.15, 0.2) is 65.7 Å². The maximum Gasteiger partial charge on any atom is 0.258 e. The van der Waals surface area contributed by atoms with Crippen LogP contribution in [-0.4, -0.2) is 11.8 Å². The summed E-state index contributed by atoms with van der Waals surface area (Å²) in [7, 11) is 0. The van der Waals surface area contributed by atoms with E-state index in [1.54, 1.807) is 0 Å². The summed E-state index contributed by atoms with van der Waals surface area (Å²) in [5, 5.41) is 5.81. The molecule has 0 radical (unpaired) electrons. The number of rotatable bonds is 8. The Morgan fingerprint density at radius 2 is 1.33 bits per heavy atom. The number of fused-ring (bicyclic) bond motifs is 1. The standard InChI is InChI=1S/C26H28N2O2/c1-3-5-9-17(4-2)16-18-12-14-20(15-13-18)24-22-21(25(29)28-24)23(27-26(22)30)19-10-7-6-8-11-19/h6-8,10-15,17H,3-5,9,16H2,1-2H3,(H,27,30)(H,28,29). The minimum Gasteiger partial charge on any atom is -0.321 e. The number of hydrogen-bond acceptors (Lipinski definition) is 2. The van der Waals surface area contributed by atoms with E-state index in [-0.39, 0.29) is 11.8 Å². The molecule has 0 bridgehead atoms. The minimum absolute atomic E-state index is 0.230. The Morgan fingerprint density at radius 1 is 0.767 bits per heavy atom. The van der Waals surface area contributed by atoms with Gasteiger partial charge in [0.1, 0.15) is 0 Å². The normalized spacial score (nSPS) is 16.6. The molecule has 1 atom stereocenters. The van der Waals surface area contributed by atoms with Crippen molar-refractivity contribution < 1.29 is 9.59 Å². The summed E-state index contributed by atoms with van der Waals surface area (Å²) in [6.45, 7) is 4.49. The van der Waals surface area contributed by atoms with Crippen LogP contribution in [0.3, 0.4) is 0 Å². The van der Waals surface area contributed by atoms with Gasteiger partial charge in [-0.1, -0.05) is 94.1 Å². The number of benzene rings is 2. The fourth-order valence-electron chi connectivity index (χ4n) is 4.30. The molecule has 2 heterocycles. The zero-order chi connectivity index (χ0) is 21.1. The summed E-state index contributed by atoms with van der Waals surface area (Å²) in [4.78, 5) is 25.4. The van der Waals surface area contributed by atoms with Crippen LogP contribution in [0.5, 0.6) is 0 Å². The molecule has 4 heteroatoms. The zero-order valence-corrected chi connectivity index (χ0v) is 17.6. The Labute approximate surface area is 178 Å². The number of nitrogens with one attached hydrogen (secondary N) is 2. The van der Waals surface area contributed by atoms with Gasteiger partial charge < -0.3 is 10.6 Å². The van der Waals surface area contributed by atoms with Crippen LogP contribution in [0, 0.1) is 5.92 Å². The topological polar surface area (TPSA) is 58.2 Å². The molecule has 2 N–H and O–H groups in total. The third kappa shape index (κ3) is 3.82. The predicted molar refractivity (Wildman–Crippen MR) is 120 cm³/mol. The van der Waals surface area contributed by atoms with Crippen LogP contribution < -0.4 is 10.6 Å². The Kier molecular flexibility index (Phi) is 5.84. The molecular formula is C26H28N2O2. The van der Waals surface area contributed by atoms with E-state index < -0.39 is 0 Å². The number of unbranched alkanes of at least 4 members (excludes halogenated alkanes) is 1. The molecule has 154 valence electrons. The lowest BCUT2D eigenvalue weighted by molar-refractivity contribution is -0.117. The van der Waals surface area contributed by atoms with E-state index in [0.29, 0.717) is 28.5 Å². The maximum absolute atomic E-state index is 12.7. The lowest BCUT2D eigenvalue weighted by Gasteiger charge is -2.15. The van der Waals surface area contributed by atoms with Crippen molar-refractivity contribution in [3.8, 4) is 0 Å². The zero-order valence-electron chi connectivity index (χ0n) is 17.6. The van der Waals surface area contributed by atoms with Crippen molar-refractivity contribution in [3.05, 3.63) is 82.4 Å². The van der Waals surface area contributed by atoms with E-state index in [2.05, 4.69) is 36.6 Å². The van der Waals surface area contributed by atoms with Gasteiger partial charge >= 0.3 is 0 Å². The fourth-order valence-corrected chi connectivity index (χ4v) is 4.30. The second kappa shape index (κ2) is 8.70. The van der Waals surface area contributed by atoms with Crippen molar-refractivity contribution in [2.45, 2.75) is 46.0 Å². The molecule has 0 saturated heterocycles. The van der Waals surface area contributed by atoms with E-state index in [1.807, 2.05) is 42.5 Å². The smallest absolute Gasteiger partial charge is 0.258 e. The Balaban J connectivity index is 1.62. The van der Waals surface area contributed by atoms with Gasteiger partial charge in [-0.2, -0.15) is 0 Å². The van der Waals surface area contributed by atoms with Gasteiger partial charge in [-0.25, -0.2) is 0 Å². The first-order chi connectivity index (χ1) is 14.6. The Bertz CT molecular complexity index is 1020. The largest absolute Gasteiger partial charge is 0.321 e. The second-order valence-corrected chi connectivity index (χ2v) is 8.09. The first kappa shape index (κ1) is 20.1. The number of carbonyl (C=O) groups excluding carboxylic acids is 2. The molecule has 0 aromatic heterocycles. The van der Waals surface area contributed by atoms with Crippen LogP contribution in [0.2, 0.25) is 0 Å². The molecule has 0 fully saturated rings. The van der Waals surface area contributed by atoms with Gasteiger partial charge in [-0.05, 0) is 29.0 Å². The molecule has 4 nitrogen and oxygen atoms in total. The molecule has 2 amide bonds. The second-order valence-electron chi connectivity index (χ2n) is 8.09. The van der Waals surface area contributed by atoms with E-state index >= 15 is 0 Å². The van der Waals surface area contributed by atoms with Gasteiger partial charge in [0.2, 0.25) is 0 Å². The number of hydrogen-bond donors (Lipinski definition) is 2. The van der Waals surface area contributed by atoms with E-state index in [9.17, 15) is 9.59 Å². The lowest BCUT2D eigenvalue weighted by Crippen LogP contribution is -2.21. The highest BCUT2D eigenvalue weighted by Crippen LogP contribution is 2.37. The van der Waals surface area contributed by atoms with Crippen molar-refractivity contribution in [1.82, 2.24) is 10.6 Å². The summed E-state index contributed by atoms with van der Waals surface area (Å²) >= 11 is 0. The van der Waals surface area contributed by atoms with Gasteiger partial charge in [0.05, 0.1) is 22.5 Å². The van der Waals surface area contributed by atoms with Crippen LogP contribution in [-0.2, 0) is 16.0 Å². The van der Waals surface area contributed by atoms with Crippen LogP contribution in [0.4, 0.5) is 0 Å². The first-order valence-electron chi connectivity index (χ1n) is 10.9. The summed E-state index contributed by atoms with van der Waals surface area (Å²) in [6, 6.07) is 17.8. The molecular weight excluding hydrogens is 372 g/mol. The van der Waals surface area contributed by atoms with Crippen LogP contribution in [0.25, 0.3) is 11.4 Å². The molecule has 4 rings (SSSR count). The highest BCUT2D eigenvalue weighted by Gasteiger charge is 2.40. The number of amides is 2. The third-order valence-corrected chi connectivity index (χ3v) is 6.05. The molecule has 0 saturated carbocycles. The van der Waals surface area contributed by atoms with Crippen molar-refractivity contribution in [2.24, 2.45) is 5.92 Å². The summed E-state index contributed by atoms with van der Waals surface area (Å²) in [5.74, 6) is 0.242. The Morgan fingerprint density at radius 3 is 1.87 bits per heavy atom. The van der Waals surface area contributed by atoms with Gasteiger partial charge in [0, 0.05) is 0 Å². The molecule has 2 aliphatic rings. The Hall–Kier alpha value is -3.14. The monoisotopic (exact) mass is 400 g/mol. The van der Waals surface area contributed by atoms with Gasteiger partial charge in [0.15, 0.2) is 0 Å². The molecule has 2 aromatic carbocycles. The number of carbonyl (C=O) groups is 2. The quantitative estimate of drug-likeness (QED) is 0.667. The highest BCUT2D eigenvalue weighted by molar-refractivity contribution is 6.30. The van der Waals surface area contributed by atoms with Gasteiger partial charge in [-0.15, -0.1) is 0 Å². The van der Waals surface area contributed by atoms with E-state index in [4.69, 9.17) is 0 Å². The highest BCUT2D eigenvalue weighted by atomic mass is 16.2. The fraction of sp³-hybridized carbons (Fsp3) is 0.308. The summed E-state index contributed by atoms with van der Waals surface area (Å²) in [6.07, 6.45) is 6.01. The van der Waals surface area contributed by atoms with Gasteiger partial charge in [-0.3, -0.25) is 9.59 Å². The maximum atomic E-state index is 12.7. The minimum atomic E-state index is -0.230. The average Bonchev–Trinajstić information content (AvgIpc) is 3.30. The lowest BCUT2D eigenvalue weighted by atomic mass is 9.91. The van der Waals surface area contributed by atoms with E-state index in [0.717, 1.165) is 17.5 Å². The molecule has 0 aliphatic carbocycles. The van der Waals surface area contributed by atoms with Crippen LogP contribution in [0.1, 0.15) is 56.2 Å². The molecule has 0 spiro atoms. The van der Waals surface area contributed by atoms with Gasteiger partial charge in [0.25, 0.3) is 11.8 Å². The van der Waals surface area contributed by atoms with Crippen molar-refractivity contribution >= 4 is 23.2 Å². The predicted octanol–water partition coefficient (Wildman–Crippen LogP) is 4.83. The van der Waals surface area contributed by atoms with Crippen molar-refractivity contribution in [1.29, 1.82) is 0 Å². The summed E-state index contributed by atoms with van der Waals surface area (Å²) in [5.41, 5.74) is 5.07. The first-order valence-corrected chi connectivity index (χ1v) is 10.9. The van der Waals surface area contributed by atoms with Crippen LogP contribution >= 0.6 is 0 Å². The molecule has 1 unspecified atom stereocenters. The van der Waals surface area contributed by atoms with Crippen molar-refractivity contribution in [3.63, 3.8) is 0 Å².